The van der Waals surface area contributed by atoms with Gasteiger partial charge < -0.3 is 26.0 Å². The first-order valence-electron chi connectivity index (χ1n) is 18.8. The lowest BCUT2D eigenvalue weighted by Crippen LogP contribution is -2.30. The Balaban J connectivity index is 1.02. The second kappa shape index (κ2) is 17.3. The summed E-state index contributed by atoms with van der Waals surface area (Å²) in [5.41, 5.74) is 8.14. The van der Waals surface area contributed by atoms with E-state index in [0.29, 0.717) is 49.4 Å². The van der Waals surface area contributed by atoms with Crippen molar-refractivity contribution in [1.82, 2.24) is 30.4 Å². The number of hydrogen-bond donors (Lipinski definition) is 4. The van der Waals surface area contributed by atoms with E-state index in [-0.39, 0.29) is 36.8 Å². The fourth-order valence-electron chi connectivity index (χ4n) is 6.88. The predicted molar refractivity (Wildman–Crippen MR) is 212 cm³/mol. The first-order valence-corrected chi connectivity index (χ1v) is 18.8. The molecule has 6 aromatic rings. The van der Waals surface area contributed by atoms with E-state index in [9.17, 15) is 9.59 Å². The van der Waals surface area contributed by atoms with Gasteiger partial charge in [-0.15, -0.1) is 0 Å². The predicted octanol–water partition coefficient (Wildman–Crippen LogP) is 7.28. The van der Waals surface area contributed by atoms with Crippen molar-refractivity contribution >= 4 is 34.2 Å². The second-order valence-electron chi connectivity index (χ2n) is 13.5. The Bertz CT molecular complexity index is 2290. The third-order valence-corrected chi connectivity index (χ3v) is 9.89. The van der Waals surface area contributed by atoms with Crippen LogP contribution < -0.4 is 21.3 Å². The highest BCUT2D eigenvalue weighted by atomic mass is 19.1. The molecule has 12 heteroatoms. The number of benzene rings is 3. The van der Waals surface area contributed by atoms with Crippen molar-refractivity contribution in [2.24, 2.45) is 0 Å². The normalized spacial score (nSPS) is 13.1. The lowest BCUT2D eigenvalue weighted by molar-refractivity contribution is 0.0904. The van der Waals surface area contributed by atoms with Gasteiger partial charge in [0.15, 0.2) is 5.65 Å². The molecule has 2 amide bonds. The number of pyridine rings is 2. The number of nitrogens with zero attached hydrogens (tertiary/aromatic N) is 4. The lowest BCUT2D eigenvalue weighted by atomic mass is 10.00. The molecule has 11 nitrogen and oxygen atoms in total. The highest BCUT2D eigenvalue weighted by Gasteiger charge is 2.22. The summed E-state index contributed by atoms with van der Waals surface area (Å²) in [7, 11) is 0. The van der Waals surface area contributed by atoms with Gasteiger partial charge in [0.1, 0.15) is 5.82 Å². The van der Waals surface area contributed by atoms with Crippen molar-refractivity contribution in [2.75, 3.05) is 23.8 Å². The number of hydrogen-bond acceptors (Lipinski definition) is 8. The number of ether oxygens (including phenoxy) is 1. The Morgan fingerprint density at radius 3 is 2.33 bits per heavy atom. The molecule has 4 heterocycles. The second-order valence-corrected chi connectivity index (χ2v) is 13.5. The summed E-state index contributed by atoms with van der Waals surface area (Å²) in [6.07, 6.45) is 7.74. The number of carbonyl (C=O) groups is 2. The first kappa shape index (κ1) is 37.2. The van der Waals surface area contributed by atoms with E-state index < -0.39 is 0 Å². The number of rotatable bonds is 14. The van der Waals surface area contributed by atoms with Crippen LogP contribution >= 0.6 is 0 Å². The molecule has 3 aromatic heterocycles. The van der Waals surface area contributed by atoms with Crippen molar-refractivity contribution in [1.29, 1.82) is 0 Å². The molecule has 1 saturated heterocycles. The molecule has 0 atom stereocenters. The van der Waals surface area contributed by atoms with Crippen LogP contribution in [0.5, 0.6) is 0 Å². The number of fused-ring (bicyclic) bond motifs is 1. The van der Waals surface area contributed by atoms with Crippen LogP contribution in [0.3, 0.4) is 0 Å². The molecule has 0 spiro atoms. The summed E-state index contributed by atoms with van der Waals surface area (Å²) in [4.78, 5) is 35.9. The van der Waals surface area contributed by atoms with Gasteiger partial charge >= 0.3 is 0 Å². The van der Waals surface area contributed by atoms with Crippen LogP contribution in [0.25, 0.3) is 22.2 Å². The number of halogens is 1. The molecule has 1 aliphatic heterocycles. The minimum atomic E-state index is -0.350. The zero-order valence-corrected chi connectivity index (χ0v) is 31.1. The van der Waals surface area contributed by atoms with Crippen LogP contribution in [-0.4, -0.2) is 50.8 Å². The monoisotopic (exact) mass is 740 g/mol. The topological polar surface area (TPSA) is 135 Å². The van der Waals surface area contributed by atoms with Crippen LogP contribution in [0.4, 0.5) is 15.8 Å². The Kier molecular flexibility index (Phi) is 11.7. The van der Waals surface area contributed by atoms with Crippen LogP contribution in [0.15, 0.2) is 97.5 Å². The molecule has 55 heavy (non-hydrogen) atoms. The quantitative estimate of drug-likeness (QED) is 0.0916. The van der Waals surface area contributed by atoms with E-state index in [1.165, 1.54) is 6.07 Å². The van der Waals surface area contributed by atoms with Crippen molar-refractivity contribution in [3.8, 4) is 11.1 Å². The summed E-state index contributed by atoms with van der Waals surface area (Å²) in [5.74, 6) is -1.000. The molecule has 282 valence electrons. The van der Waals surface area contributed by atoms with Gasteiger partial charge in [-0.1, -0.05) is 37.3 Å². The largest absolute Gasteiger partial charge is 0.381 e. The molecule has 4 N–H and O–H groups in total. The van der Waals surface area contributed by atoms with Gasteiger partial charge in [0.05, 0.1) is 17.3 Å². The van der Waals surface area contributed by atoms with Gasteiger partial charge in [-0.2, -0.15) is 5.10 Å². The highest BCUT2D eigenvalue weighted by Crippen LogP contribution is 2.31. The molecule has 0 unspecified atom stereocenters. The molecule has 0 saturated carbocycles. The zero-order chi connectivity index (χ0) is 38.1. The first-order chi connectivity index (χ1) is 26.9. The highest BCUT2D eigenvalue weighted by molar-refractivity contribution is 6.00. The summed E-state index contributed by atoms with van der Waals surface area (Å²) < 4.78 is 22.6. The third-order valence-electron chi connectivity index (χ3n) is 9.89. The van der Waals surface area contributed by atoms with Gasteiger partial charge in [0.25, 0.3) is 11.8 Å². The van der Waals surface area contributed by atoms with Crippen molar-refractivity contribution in [3.63, 3.8) is 0 Å². The SMILES string of the molecule is CCc1nc2c(cnn2CC)c(NC2CCOCC2)c1CNC(=O)c1cccc(C(=O)NCc2ccc(F)c(-c3cccc(CNc4ccncc4)c3)c2)c1. The van der Waals surface area contributed by atoms with E-state index in [4.69, 9.17) is 9.72 Å². The van der Waals surface area contributed by atoms with E-state index >= 15 is 4.39 Å². The van der Waals surface area contributed by atoms with Crippen molar-refractivity contribution < 1.29 is 18.7 Å². The van der Waals surface area contributed by atoms with Crippen molar-refractivity contribution in [2.45, 2.75) is 65.3 Å². The standard InChI is InChI=1S/C43H45FN8O3/c1-3-39-36(40(50-34-15-19-55-20-16-34)37-27-49-52(4-2)41(37)51-39)26-48-43(54)32-10-6-9-31(23-32)42(53)47-25-29-11-12-38(44)35(22-29)30-8-5-7-28(21-30)24-46-33-13-17-45-18-14-33/h5-14,17-18,21-23,27,34H,3-4,15-16,19-20,24-26H2,1-2H3,(H,45,46)(H,47,53)(H,48,54)(H,50,51). The van der Waals surface area contributed by atoms with E-state index in [1.54, 1.807) is 48.8 Å². The minimum Gasteiger partial charge on any atom is -0.381 e. The van der Waals surface area contributed by atoms with Crippen molar-refractivity contribution in [3.05, 3.63) is 137 Å². The number of nitrogens with one attached hydrogen (secondary N) is 4. The number of carbonyl (C=O) groups excluding carboxylic acids is 2. The molecule has 1 aliphatic rings. The van der Waals surface area contributed by atoms with Gasteiger partial charge in [0.2, 0.25) is 0 Å². The van der Waals surface area contributed by atoms with E-state index in [1.807, 2.05) is 54.2 Å². The maximum atomic E-state index is 15.1. The lowest BCUT2D eigenvalue weighted by Gasteiger charge is -2.26. The number of amides is 2. The fraction of sp³-hybridized carbons (Fsp3) is 0.279. The van der Waals surface area contributed by atoms with Gasteiger partial charge in [0, 0.05) is 91.5 Å². The number of aromatic nitrogens is 4. The van der Waals surface area contributed by atoms with Gasteiger partial charge in [-0.05, 0) is 91.4 Å². The van der Waals surface area contributed by atoms with Crippen LogP contribution in [0, 0.1) is 5.82 Å². The Morgan fingerprint density at radius 2 is 1.58 bits per heavy atom. The molecule has 0 radical (unpaired) electrons. The number of aryl methyl sites for hydroxylation is 2. The van der Waals surface area contributed by atoms with Crippen LogP contribution in [0.1, 0.15) is 69.8 Å². The smallest absolute Gasteiger partial charge is 0.251 e. The van der Waals surface area contributed by atoms with Crippen LogP contribution in [-0.2, 0) is 37.3 Å². The van der Waals surface area contributed by atoms with E-state index in [0.717, 1.165) is 63.2 Å². The molecule has 1 fully saturated rings. The average molecular weight is 741 g/mol. The summed E-state index contributed by atoms with van der Waals surface area (Å²) in [6, 6.07) is 23.2. The maximum absolute atomic E-state index is 15.1. The zero-order valence-electron chi connectivity index (χ0n) is 31.1. The summed E-state index contributed by atoms with van der Waals surface area (Å²) >= 11 is 0. The molecular formula is C43H45FN8O3. The Hall–Kier alpha value is -6.14. The molecule has 0 aliphatic carbocycles. The maximum Gasteiger partial charge on any atom is 0.251 e. The van der Waals surface area contributed by atoms with Crippen LogP contribution in [0.2, 0.25) is 0 Å². The van der Waals surface area contributed by atoms with Gasteiger partial charge in [-0.3, -0.25) is 14.6 Å². The third kappa shape index (κ3) is 8.81. The fourth-order valence-corrected chi connectivity index (χ4v) is 6.88. The Morgan fingerprint density at radius 1 is 0.855 bits per heavy atom. The Labute approximate surface area is 319 Å². The average Bonchev–Trinajstić information content (AvgIpc) is 3.65. The molecule has 3 aromatic carbocycles. The molecule has 0 bridgehead atoms. The molecule has 7 rings (SSSR count). The van der Waals surface area contributed by atoms with E-state index in [2.05, 4.69) is 38.3 Å². The van der Waals surface area contributed by atoms with Gasteiger partial charge in [-0.25, -0.2) is 14.1 Å². The summed E-state index contributed by atoms with van der Waals surface area (Å²) in [6.45, 7) is 7.19. The summed E-state index contributed by atoms with van der Waals surface area (Å²) in [5, 5.41) is 18.6. The minimum absolute atomic E-state index is 0.179. The molecular weight excluding hydrogens is 696 g/mol. The number of anilines is 2.